The molecule has 13 heavy (non-hydrogen) atoms. The molecule has 0 atom stereocenters. The number of halogens is 4. The largest absolute Gasteiger partial charge is 0.266 e. The molecule has 0 heterocycles. The van der Waals surface area contributed by atoms with Gasteiger partial charge < -0.3 is 0 Å². The summed E-state index contributed by atoms with van der Waals surface area (Å²) in [6.07, 6.45) is -2.97. The van der Waals surface area contributed by atoms with Crippen LogP contribution in [-0.4, -0.2) is 0 Å². The third kappa shape index (κ3) is 1.93. The van der Waals surface area contributed by atoms with Crippen molar-refractivity contribution >= 4 is 11.6 Å². The van der Waals surface area contributed by atoms with Crippen LogP contribution in [0.3, 0.4) is 0 Å². The first-order valence-electron chi connectivity index (χ1n) is 3.23. The van der Waals surface area contributed by atoms with Crippen molar-refractivity contribution in [1.82, 2.24) is 0 Å². The summed E-state index contributed by atoms with van der Waals surface area (Å²) in [5.74, 6) is -1.21. The Morgan fingerprint density at radius 1 is 1.38 bits per heavy atom. The Balaban J connectivity index is 3.38. The summed E-state index contributed by atoms with van der Waals surface area (Å²) in [6, 6.07) is 3.25. The second-order valence-electron chi connectivity index (χ2n) is 2.27. The minimum atomic E-state index is -2.97. The number of alkyl halides is 2. The van der Waals surface area contributed by atoms with E-state index in [1.54, 1.807) is 0 Å². The highest BCUT2D eigenvalue weighted by Crippen LogP contribution is 2.27. The highest BCUT2D eigenvalue weighted by molar-refractivity contribution is 6.30. The molecule has 0 amide bonds. The van der Waals surface area contributed by atoms with E-state index in [4.69, 9.17) is 16.9 Å². The maximum absolute atomic E-state index is 12.9. The van der Waals surface area contributed by atoms with Gasteiger partial charge in [-0.1, -0.05) is 11.6 Å². The van der Waals surface area contributed by atoms with Crippen LogP contribution < -0.4 is 0 Å². The van der Waals surface area contributed by atoms with Crippen LogP contribution in [-0.2, 0) is 0 Å². The Morgan fingerprint density at radius 2 is 2.00 bits per heavy atom. The zero-order valence-corrected chi connectivity index (χ0v) is 6.95. The van der Waals surface area contributed by atoms with Crippen molar-refractivity contribution in [3.8, 4) is 6.07 Å². The molecule has 0 N–H and O–H groups in total. The summed E-state index contributed by atoms with van der Waals surface area (Å²) in [4.78, 5) is 0. The fourth-order valence-electron chi connectivity index (χ4n) is 0.850. The van der Waals surface area contributed by atoms with Gasteiger partial charge in [-0.2, -0.15) is 5.26 Å². The number of benzene rings is 1. The molecule has 68 valence electrons. The number of hydrogen-bond donors (Lipinski definition) is 0. The van der Waals surface area contributed by atoms with Gasteiger partial charge in [-0.05, 0) is 12.1 Å². The van der Waals surface area contributed by atoms with Crippen molar-refractivity contribution in [3.05, 3.63) is 34.1 Å². The molecule has 0 aliphatic carbocycles. The molecule has 0 aliphatic rings. The van der Waals surface area contributed by atoms with Crippen LogP contribution in [0.5, 0.6) is 0 Å². The number of nitrogens with zero attached hydrogens (tertiary/aromatic N) is 1. The second kappa shape index (κ2) is 3.67. The summed E-state index contributed by atoms with van der Waals surface area (Å²) in [6.45, 7) is 0. The molecule has 5 heteroatoms. The van der Waals surface area contributed by atoms with Gasteiger partial charge in [0, 0.05) is 5.02 Å². The molecule has 0 radical (unpaired) electrons. The predicted octanol–water partition coefficient (Wildman–Crippen LogP) is 3.29. The third-order valence-corrected chi connectivity index (χ3v) is 1.64. The van der Waals surface area contributed by atoms with Gasteiger partial charge in [0.15, 0.2) is 0 Å². The van der Waals surface area contributed by atoms with E-state index in [1.807, 2.05) is 0 Å². The molecule has 0 saturated carbocycles. The fraction of sp³-hybridized carbons (Fsp3) is 0.125. The van der Waals surface area contributed by atoms with E-state index in [0.29, 0.717) is 0 Å². The van der Waals surface area contributed by atoms with Gasteiger partial charge in [-0.3, -0.25) is 0 Å². The Hall–Kier alpha value is -1.21. The standard InChI is InChI=1S/C8H3ClF3N/c9-5-1-4(3-13)7(10)6(2-5)8(11)12/h1-2,8H. The van der Waals surface area contributed by atoms with Gasteiger partial charge in [0.2, 0.25) is 0 Å². The lowest BCUT2D eigenvalue weighted by Crippen LogP contribution is -1.94. The van der Waals surface area contributed by atoms with Gasteiger partial charge in [0.1, 0.15) is 11.9 Å². The SMILES string of the molecule is N#Cc1cc(Cl)cc(C(F)F)c1F. The van der Waals surface area contributed by atoms with E-state index in [0.717, 1.165) is 12.1 Å². The van der Waals surface area contributed by atoms with Gasteiger partial charge in [-0.15, -0.1) is 0 Å². The summed E-state index contributed by atoms with van der Waals surface area (Å²) < 4.78 is 37.2. The maximum Gasteiger partial charge on any atom is 0.266 e. The van der Waals surface area contributed by atoms with Crippen molar-refractivity contribution in [2.45, 2.75) is 6.43 Å². The van der Waals surface area contributed by atoms with Crippen LogP contribution in [0.15, 0.2) is 12.1 Å². The van der Waals surface area contributed by atoms with Crippen molar-refractivity contribution in [2.75, 3.05) is 0 Å². The van der Waals surface area contributed by atoms with E-state index in [-0.39, 0.29) is 5.02 Å². The van der Waals surface area contributed by atoms with Crippen LogP contribution >= 0.6 is 11.6 Å². The van der Waals surface area contributed by atoms with Crippen molar-refractivity contribution in [1.29, 1.82) is 5.26 Å². The van der Waals surface area contributed by atoms with Gasteiger partial charge >= 0.3 is 0 Å². The summed E-state index contributed by atoms with van der Waals surface area (Å²) in [5, 5.41) is 8.28. The predicted molar refractivity (Wildman–Crippen MR) is 41.1 cm³/mol. The molecule has 0 bridgehead atoms. The van der Waals surface area contributed by atoms with Crippen LogP contribution in [0.4, 0.5) is 13.2 Å². The molecular weight excluding hydrogens is 203 g/mol. The zero-order valence-electron chi connectivity index (χ0n) is 6.19. The van der Waals surface area contributed by atoms with Gasteiger partial charge in [0.05, 0.1) is 11.1 Å². The van der Waals surface area contributed by atoms with Crippen molar-refractivity contribution in [2.24, 2.45) is 0 Å². The minimum Gasteiger partial charge on any atom is -0.205 e. The monoisotopic (exact) mass is 205 g/mol. The zero-order chi connectivity index (χ0) is 10.0. The molecule has 1 aromatic rings. The molecule has 1 rings (SSSR count). The van der Waals surface area contributed by atoms with E-state index in [1.165, 1.54) is 6.07 Å². The van der Waals surface area contributed by atoms with Gasteiger partial charge in [-0.25, -0.2) is 13.2 Å². The first-order chi connectivity index (χ1) is 6.06. The lowest BCUT2D eigenvalue weighted by Gasteiger charge is -2.03. The molecule has 0 aliphatic heterocycles. The average molecular weight is 206 g/mol. The normalized spacial score (nSPS) is 10.2. The van der Waals surface area contributed by atoms with Gasteiger partial charge in [0.25, 0.3) is 6.43 Å². The van der Waals surface area contributed by atoms with Crippen LogP contribution in [0.1, 0.15) is 17.6 Å². The quantitative estimate of drug-likeness (QED) is 0.690. The first kappa shape index (κ1) is 9.87. The van der Waals surface area contributed by atoms with E-state index in [9.17, 15) is 13.2 Å². The Labute approximate surface area is 77.4 Å². The fourth-order valence-corrected chi connectivity index (χ4v) is 1.08. The topological polar surface area (TPSA) is 23.8 Å². The number of hydrogen-bond acceptors (Lipinski definition) is 1. The van der Waals surface area contributed by atoms with E-state index < -0.39 is 23.4 Å². The number of rotatable bonds is 1. The van der Waals surface area contributed by atoms with E-state index >= 15 is 0 Å². The van der Waals surface area contributed by atoms with Crippen LogP contribution in [0.25, 0.3) is 0 Å². The lowest BCUT2D eigenvalue weighted by atomic mass is 10.1. The minimum absolute atomic E-state index is 0.0757. The molecular formula is C8H3ClF3N. The van der Waals surface area contributed by atoms with Crippen LogP contribution in [0.2, 0.25) is 5.02 Å². The molecule has 0 unspecified atom stereocenters. The maximum atomic E-state index is 12.9. The highest BCUT2D eigenvalue weighted by Gasteiger charge is 2.17. The molecule has 0 saturated heterocycles. The molecule has 0 spiro atoms. The molecule has 0 aromatic heterocycles. The first-order valence-corrected chi connectivity index (χ1v) is 3.61. The van der Waals surface area contributed by atoms with Crippen molar-refractivity contribution < 1.29 is 13.2 Å². The summed E-state index contributed by atoms with van der Waals surface area (Å²) >= 11 is 5.39. The Bertz CT molecular complexity index is 370. The molecule has 1 aromatic carbocycles. The summed E-state index contributed by atoms with van der Waals surface area (Å²) in [5.41, 5.74) is -1.31. The Morgan fingerprint density at radius 3 is 2.46 bits per heavy atom. The molecule has 1 nitrogen and oxygen atoms in total. The molecule has 0 fully saturated rings. The lowest BCUT2D eigenvalue weighted by molar-refractivity contribution is 0.146. The summed E-state index contributed by atoms with van der Waals surface area (Å²) in [7, 11) is 0. The number of nitriles is 1. The Kier molecular flexibility index (Phi) is 2.79. The highest BCUT2D eigenvalue weighted by atomic mass is 35.5. The second-order valence-corrected chi connectivity index (χ2v) is 2.71. The van der Waals surface area contributed by atoms with E-state index in [2.05, 4.69) is 0 Å². The van der Waals surface area contributed by atoms with Crippen LogP contribution in [0, 0.1) is 17.1 Å². The smallest absolute Gasteiger partial charge is 0.205 e. The third-order valence-electron chi connectivity index (χ3n) is 1.42. The average Bonchev–Trinajstić information content (AvgIpc) is 2.08. The van der Waals surface area contributed by atoms with Crippen molar-refractivity contribution in [3.63, 3.8) is 0 Å².